The van der Waals surface area contributed by atoms with Crippen LogP contribution in [0.15, 0.2) is 78.9 Å². The fourth-order valence-electron chi connectivity index (χ4n) is 4.68. The second kappa shape index (κ2) is 12.4. The Kier molecular flexibility index (Phi) is 8.32. The zero-order valence-corrected chi connectivity index (χ0v) is 21.9. The molecule has 1 fully saturated rings. The summed E-state index contributed by atoms with van der Waals surface area (Å²) in [6.07, 6.45) is 7.95. The van der Waals surface area contributed by atoms with E-state index >= 15 is 0 Å². The van der Waals surface area contributed by atoms with E-state index in [1.165, 1.54) is 13.2 Å². The Hall–Kier alpha value is -3.86. The molecule has 0 unspecified atom stereocenters. The van der Waals surface area contributed by atoms with Gasteiger partial charge in [0.05, 0.1) is 15.0 Å². The summed E-state index contributed by atoms with van der Waals surface area (Å²) < 4.78 is 13.9. The summed E-state index contributed by atoms with van der Waals surface area (Å²) in [5.74, 6) is -0.539. The molecule has 1 aliphatic rings. The van der Waals surface area contributed by atoms with E-state index < -0.39 is 12.5 Å². The molecule has 1 atom stereocenters. The average molecular weight is 498 g/mol. The summed E-state index contributed by atoms with van der Waals surface area (Å²) in [4.78, 5) is 29.1. The number of rotatable bonds is 8. The maximum atomic E-state index is 13.8. The number of anilines is 2. The van der Waals surface area contributed by atoms with Crippen LogP contribution in [0.25, 0.3) is 17.2 Å². The van der Waals surface area contributed by atoms with Gasteiger partial charge in [0, 0.05) is 37.5 Å². The minimum Gasteiger partial charge on any atom is -0.466 e. The van der Waals surface area contributed by atoms with Gasteiger partial charge in [-0.2, -0.15) is 0 Å². The molecule has 0 radical (unpaired) electrons. The molecular weight excluding hydrogens is 460 g/mol. The van der Waals surface area contributed by atoms with E-state index in [0.29, 0.717) is 5.69 Å². The number of hydrogen-bond donors (Lipinski definition) is 0. The SMILES string of the molecule is [2H][C@H](c1ccc(-c2ccc(N(C)C)cc2)cc1)N(C(=O)C1CCCCC1)c1cccc(/C=C/C(=O)OC)c1. The number of ether oxygens (including phenoxy) is 1. The quantitative estimate of drug-likeness (QED) is 0.256. The summed E-state index contributed by atoms with van der Waals surface area (Å²) in [5.41, 5.74) is 5.46. The predicted molar refractivity (Wildman–Crippen MR) is 151 cm³/mol. The van der Waals surface area contributed by atoms with Crippen LogP contribution in [0.5, 0.6) is 0 Å². The number of benzene rings is 3. The van der Waals surface area contributed by atoms with Crippen molar-refractivity contribution < 1.29 is 15.7 Å². The molecule has 4 rings (SSSR count). The van der Waals surface area contributed by atoms with Gasteiger partial charge in [-0.05, 0) is 65.4 Å². The molecule has 0 bridgehead atoms. The van der Waals surface area contributed by atoms with Crippen LogP contribution in [0.2, 0.25) is 0 Å². The minimum absolute atomic E-state index is 0.0119. The number of amides is 1. The Morgan fingerprint density at radius 1 is 0.919 bits per heavy atom. The Morgan fingerprint density at radius 2 is 1.57 bits per heavy atom. The summed E-state index contributed by atoms with van der Waals surface area (Å²) in [7, 11) is 5.37. The first kappa shape index (κ1) is 24.8. The maximum Gasteiger partial charge on any atom is 0.330 e. The predicted octanol–water partition coefficient (Wildman–Crippen LogP) is 6.72. The number of esters is 1. The van der Waals surface area contributed by atoms with Crippen molar-refractivity contribution in [2.75, 3.05) is 31.0 Å². The number of carbonyl (C=O) groups excluding carboxylic acids is 2. The van der Waals surface area contributed by atoms with E-state index in [-0.39, 0.29) is 11.8 Å². The molecular formula is C32H36N2O3. The zero-order chi connectivity index (χ0) is 27.1. The first-order chi connectivity index (χ1) is 18.4. The van der Waals surface area contributed by atoms with Gasteiger partial charge in [-0.1, -0.05) is 67.8 Å². The van der Waals surface area contributed by atoms with Gasteiger partial charge in [0.15, 0.2) is 0 Å². The van der Waals surface area contributed by atoms with Gasteiger partial charge in [-0.25, -0.2) is 4.79 Å². The van der Waals surface area contributed by atoms with Gasteiger partial charge in [-0.15, -0.1) is 0 Å². The van der Waals surface area contributed by atoms with Crippen LogP contribution >= 0.6 is 0 Å². The van der Waals surface area contributed by atoms with E-state index in [1.54, 1.807) is 11.0 Å². The van der Waals surface area contributed by atoms with Crippen molar-refractivity contribution in [3.63, 3.8) is 0 Å². The van der Waals surface area contributed by atoms with E-state index in [9.17, 15) is 11.0 Å². The molecule has 0 aromatic heterocycles. The largest absolute Gasteiger partial charge is 0.466 e. The number of methoxy groups -OCH3 is 1. The highest BCUT2D eigenvalue weighted by atomic mass is 16.5. The standard InChI is InChI=1S/C32H36N2O3/c1-33(2)29-19-17-27(18-20-29)26-15-12-25(13-16-26)23-34(32(36)28-9-5-4-6-10-28)30-11-7-8-24(22-30)14-21-31(35)37-3/h7-8,11-22,28H,4-6,9-10,23H2,1-3H3/b21-14+/i23D/t23-/m1/s1. The summed E-state index contributed by atoms with van der Waals surface area (Å²) in [6, 6.07) is 23.7. The molecule has 5 nitrogen and oxygen atoms in total. The second-order valence-electron chi connectivity index (χ2n) is 9.69. The van der Waals surface area contributed by atoms with Gasteiger partial charge < -0.3 is 14.5 Å². The number of nitrogens with zero attached hydrogens (tertiary/aromatic N) is 2. The topological polar surface area (TPSA) is 49.9 Å². The summed E-state index contributed by atoms with van der Waals surface area (Å²) in [5, 5.41) is 0. The highest BCUT2D eigenvalue weighted by Crippen LogP contribution is 2.30. The van der Waals surface area contributed by atoms with Crippen molar-refractivity contribution in [3.05, 3.63) is 90.0 Å². The highest BCUT2D eigenvalue weighted by molar-refractivity contribution is 5.95. The smallest absolute Gasteiger partial charge is 0.330 e. The zero-order valence-electron chi connectivity index (χ0n) is 22.9. The van der Waals surface area contributed by atoms with Gasteiger partial charge >= 0.3 is 5.97 Å². The van der Waals surface area contributed by atoms with Crippen molar-refractivity contribution in [1.82, 2.24) is 0 Å². The van der Waals surface area contributed by atoms with E-state index in [4.69, 9.17) is 4.74 Å². The monoisotopic (exact) mass is 497 g/mol. The van der Waals surface area contributed by atoms with Crippen molar-refractivity contribution in [2.45, 2.75) is 38.6 Å². The van der Waals surface area contributed by atoms with Crippen LogP contribution < -0.4 is 9.80 Å². The second-order valence-corrected chi connectivity index (χ2v) is 9.69. The van der Waals surface area contributed by atoms with E-state index in [0.717, 1.165) is 60.0 Å². The molecule has 0 N–H and O–H groups in total. The Morgan fingerprint density at radius 3 is 2.19 bits per heavy atom. The molecule has 3 aromatic carbocycles. The van der Waals surface area contributed by atoms with Crippen LogP contribution in [0.3, 0.4) is 0 Å². The van der Waals surface area contributed by atoms with Gasteiger partial charge in [0.25, 0.3) is 0 Å². The Bertz CT molecular complexity index is 1260. The van der Waals surface area contributed by atoms with Crippen LogP contribution in [-0.2, 0) is 20.8 Å². The van der Waals surface area contributed by atoms with Crippen molar-refractivity contribution in [2.24, 2.45) is 5.92 Å². The number of carbonyl (C=O) groups is 2. The molecule has 0 saturated heterocycles. The lowest BCUT2D eigenvalue weighted by molar-refractivity contribution is -0.134. The molecule has 0 spiro atoms. The first-order valence-corrected chi connectivity index (χ1v) is 12.9. The Labute approximate surface area is 221 Å². The number of hydrogen-bond acceptors (Lipinski definition) is 4. The van der Waals surface area contributed by atoms with Crippen LogP contribution in [0.1, 0.15) is 44.6 Å². The first-order valence-electron chi connectivity index (χ1n) is 13.4. The molecule has 1 amide bonds. The average Bonchev–Trinajstić information content (AvgIpc) is 2.96. The molecule has 3 aromatic rings. The third kappa shape index (κ3) is 6.88. The lowest BCUT2D eigenvalue weighted by Gasteiger charge is -2.30. The lowest BCUT2D eigenvalue weighted by atomic mass is 9.88. The summed E-state index contributed by atoms with van der Waals surface area (Å²) in [6.45, 7) is -0.894. The molecule has 1 saturated carbocycles. The molecule has 0 heterocycles. The summed E-state index contributed by atoms with van der Waals surface area (Å²) >= 11 is 0. The molecule has 1 aliphatic carbocycles. The molecule has 0 aliphatic heterocycles. The van der Waals surface area contributed by atoms with Gasteiger partial charge in [0.1, 0.15) is 0 Å². The minimum atomic E-state index is -0.894. The van der Waals surface area contributed by atoms with Crippen LogP contribution in [0.4, 0.5) is 11.4 Å². The van der Waals surface area contributed by atoms with E-state index in [1.807, 2.05) is 62.6 Å². The maximum absolute atomic E-state index is 13.8. The third-order valence-corrected chi connectivity index (χ3v) is 6.86. The Balaban J connectivity index is 1.63. The molecule has 5 heteroatoms. The molecule has 37 heavy (non-hydrogen) atoms. The van der Waals surface area contributed by atoms with Crippen molar-refractivity contribution in [3.8, 4) is 11.1 Å². The normalized spacial score (nSPS) is 15.2. The van der Waals surface area contributed by atoms with Crippen molar-refractivity contribution in [1.29, 1.82) is 0 Å². The van der Waals surface area contributed by atoms with Gasteiger partial charge in [-0.3, -0.25) is 4.79 Å². The highest BCUT2D eigenvalue weighted by Gasteiger charge is 2.27. The molecule has 192 valence electrons. The van der Waals surface area contributed by atoms with E-state index in [2.05, 4.69) is 29.2 Å². The van der Waals surface area contributed by atoms with Gasteiger partial charge in [0.2, 0.25) is 5.91 Å². The van der Waals surface area contributed by atoms with Crippen LogP contribution in [-0.4, -0.2) is 33.1 Å². The lowest BCUT2D eigenvalue weighted by Crippen LogP contribution is -2.36. The fourth-order valence-corrected chi connectivity index (χ4v) is 4.68. The third-order valence-electron chi connectivity index (χ3n) is 6.86. The fraction of sp³-hybridized carbons (Fsp3) is 0.312. The van der Waals surface area contributed by atoms with Crippen LogP contribution in [0, 0.1) is 5.92 Å². The van der Waals surface area contributed by atoms with Crippen molar-refractivity contribution >= 4 is 29.3 Å².